The smallest absolute Gasteiger partial charge is 0.234 e. The van der Waals surface area contributed by atoms with Gasteiger partial charge in [-0.3, -0.25) is 4.79 Å². The van der Waals surface area contributed by atoms with Crippen molar-refractivity contribution in [3.05, 3.63) is 70.5 Å². The Morgan fingerprint density at radius 2 is 2.00 bits per heavy atom. The Morgan fingerprint density at radius 3 is 2.71 bits per heavy atom. The minimum absolute atomic E-state index is 0.113. The summed E-state index contributed by atoms with van der Waals surface area (Å²) in [6.45, 7) is 2.68. The second kappa shape index (κ2) is 8.37. The lowest BCUT2D eigenvalue weighted by molar-refractivity contribution is -0.113. The Labute approximate surface area is 173 Å². The van der Waals surface area contributed by atoms with Gasteiger partial charge in [0.15, 0.2) is 5.16 Å². The molecule has 1 N–H and O–H groups in total. The summed E-state index contributed by atoms with van der Waals surface area (Å²) in [7, 11) is 0. The Morgan fingerprint density at radius 1 is 1.21 bits per heavy atom. The zero-order chi connectivity index (χ0) is 19.5. The fourth-order valence-electron chi connectivity index (χ4n) is 3.00. The molecule has 28 heavy (non-hydrogen) atoms. The summed E-state index contributed by atoms with van der Waals surface area (Å²) in [6.07, 6.45) is 2.31. The molecule has 0 spiro atoms. The van der Waals surface area contributed by atoms with Crippen LogP contribution in [0.5, 0.6) is 0 Å². The van der Waals surface area contributed by atoms with Crippen molar-refractivity contribution in [3.8, 4) is 0 Å². The minimum atomic E-state index is -0.113. The van der Waals surface area contributed by atoms with Crippen LogP contribution in [-0.4, -0.2) is 26.4 Å². The number of nitrogens with zero attached hydrogens (tertiary/aromatic N) is 3. The molecule has 1 amide bonds. The van der Waals surface area contributed by atoms with Crippen LogP contribution in [0.25, 0.3) is 0 Å². The van der Waals surface area contributed by atoms with E-state index in [1.807, 2.05) is 43.3 Å². The van der Waals surface area contributed by atoms with E-state index < -0.39 is 0 Å². The summed E-state index contributed by atoms with van der Waals surface area (Å²) in [5.74, 6) is 1.65. The number of anilines is 1. The predicted molar refractivity (Wildman–Crippen MR) is 113 cm³/mol. The van der Waals surface area contributed by atoms with Crippen molar-refractivity contribution in [1.82, 2.24) is 14.8 Å². The van der Waals surface area contributed by atoms with Crippen molar-refractivity contribution in [2.24, 2.45) is 0 Å². The summed E-state index contributed by atoms with van der Waals surface area (Å²) < 4.78 is 2.14. The molecule has 1 aromatic heterocycles. The van der Waals surface area contributed by atoms with E-state index in [1.165, 1.54) is 17.3 Å². The maximum absolute atomic E-state index is 12.4. The van der Waals surface area contributed by atoms with Crippen LogP contribution in [0.2, 0.25) is 5.02 Å². The topological polar surface area (TPSA) is 59.8 Å². The molecule has 3 aromatic rings. The van der Waals surface area contributed by atoms with Gasteiger partial charge in [-0.05, 0) is 43.0 Å². The van der Waals surface area contributed by atoms with Gasteiger partial charge in [-0.15, -0.1) is 10.2 Å². The number of hydrogen-bond acceptors (Lipinski definition) is 4. The predicted octanol–water partition coefficient (Wildman–Crippen LogP) is 4.90. The largest absolute Gasteiger partial charge is 0.324 e. The molecule has 4 rings (SSSR count). The lowest BCUT2D eigenvalue weighted by atomic mass is 10.2. The van der Waals surface area contributed by atoms with Crippen LogP contribution in [-0.2, 0) is 11.3 Å². The summed E-state index contributed by atoms with van der Waals surface area (Å²) in [5, 5.41) is 12.9. The molecule has 0 bridgehead atoms. The molecule has 0 radical (unpaired) electrons. The van der Waals surface area contributed by atoms with Crippen molar-refractivity contribution in [2.45, 2.75) is 37.4 Å². The molecular weight excluding hydrogens is 392 g/mol. The zero-order valence-corrected chi connectivity index (χ0v) is 17.1. The summed E-state index contributed by atoms with van der Waals surface area (Å²) in [5.41, 5.74) is 2.88. The Hall–Kier alpha value is -2.31. The number of halogens is 1. The molecule has 1 heterocycles. The van der Waals surface area contributed by atoms with Gasteiger partial charge in [-0.1, -0.05) is 59.8 Å². The third-order valence-electron chi connectivity index (χ3n) is 4.60. The van der Waals surface area contributed by atoms with Gasteiger partial charge in [0.1, 0.15) is 5.82 Å². The lowest BCUT2D eigenvalue weighted by Crippen LogP contribution is -2.15. The monoisotopic (exact) mass is 412 g/mol. The zero-order valence-electron chi connectivity index (χ0n) is 15.6. The maximum Gasteiger partial charge on any atom is 0.234 e. The summed E-state index contributed by atoms with van der Waals surface area (Å²) >= 11 is 7.61. The molecule has 144 valence electrons. The van der Waals surface area contributed by atoms with Crippen molar-refractivity contribution in [2.75, 3.05) is 11.1 Å². The maximum atomic E-state index is 12.4. The number of thioether (sulfide) groups is 1. The van der Waals surface area contributed by atoms with Crippen LogP contribution < -0.4 is 5.32 Å². The Bertz CT molecular complexity index is 985. The van der Waals surface area contributed by atoms with Crippen LogP contribution in [0.3, 0.4) is 0 Å². The molecule has 2 aromatic carbocycles. The van der Waals surface area contributed by atoms with E-state index in [1.54, 1.807) is 0 Å². The average Bonchev–Trinajstić information content (AvgIpc) is 3.45. The van der Waals surface area contributed by atoms with Crippen LogP contribution >= 0.6 is 23.4 Å². The van der Waals surface area contributed by atoms with Gasteiger partial charge in [0.25, 0.3) is 0 Å². The molecular formula is C21H21ClN4OS. The van der Waals surface area contributed by atoms with Crippen LogP contribution in [0.4, 0.5) is 5.69 Å². The van der Waals surface area contributed by atoms with Crippen molar-refractivity contribution >= 4 is 35.0 Å². The first-order chi connectivity index (χ1) is 13.6. The van der Waals surface area contributed by atoms with Gasteiger partial charge in [-0.25, -0.2) is 0 Å². The van der Waals surface area contributed by atoms with Gasteiger partial charge in [-0.2, -0.15) is 0 Å². The van der Waals surface area contributed by atoms with Gasteiger partial charge < -0.3 is 9.88 Å². The van der Waals surface area contributed by atoms with Crippen molar-refractivity contribution in [1.29, 1.82) is 0 Å². The van der Waals surface area contributed by atoms with E-state index in [4.69, 9.17) is 11.6 Å². The third-order valence-corrected chi connectivity index (χ3v) is 5.88. The first kappa shape index (κ1) is 19.0. The standard InChI is InChI=1S/C21H21ClN4OS/c1-14-7-10-18(17(22)11-14)23-19(27)13-28-21-25-24-20(16-8-9-16)26(21)12-15-5-3-2-4-6-15/h2-7,10-11,16H,8-9,12-13H2,1H3,(H,23,27). The molecule has 0 atom stereocenters. The highest BCUT2D eigenvalue weighted by Gasteiger charge is 2.30. The molecule has 1 fully saturated rings. The van der Waals surface area contributed by atoms with Crippen LogP contribution in [0.1, 0.15) is 35.7 Å². The highest BCUT2D eigenvalue weighted by atomic mass is 35.5. The van der Waals surface area contributed by atoms with E-state index in [0.717, 1.165) is 29.4 Å². The third kappa shape index (κ3) is 4.56. The number of aromatic nitrogens is 3. The second-order valence-corrected chi connectivity index (χ2v) is 8.36. The quantitative estimate of drug-likeness (QED) is 0.561. The van der Waals surface area contributed by atoms with E-state index in [-0.39, 0.29) is 11.7 Å². The summed E-state index contributed by atoms with van der Waals surface area (Å²) in [4.78, 5) is 12.4. The average molecular weight is 413 g/mol. The molecule has 5 nitrogen and oxygen atoms in total. The van der Waals surface area contributed by atoms with Gasteiger partial charge >= 0.3 is 0 Å². The second-order valence-electron chi connectivity index (χ2n) is 7.01. The minimum Gasteiger partial charge on any atom is -0.324 e. The Kier molecular flexibility index (Phi) is 5.69. The molecule has 0 saturated heterocycles. The number of nitrogens with one attached hydrogen (secondary N) is 1. The fraction of sp³-hybridized carbons (Fsp3) is 0.286. The molecule has 7 heteroatoms. The number of rotatable bonds is 7. The normalized spacial score (nSPS) is 13.5. The first-order valence-corrected chi connectivity index (χ1v) is 10.6. The van der Waals surface area contributed by atoms with Gasteiger partial charge in [0, 0.05) is 5.92 Å². The van der Waals surface area contributed by atoms with Crippen molar-refractivity contribution in [3.63, 3.8) is 0 Å². The summed E-state index contributed by atoms with van der Waals surface area (Å²) in [6, 6.07) is 15.8. The highest BCUT2D eigenvalue weighted by molar-refractivity contribution is 7.99. The fourth-order valence-corrected chi connectivity index (χ4v) is 4.03. The van der Waals surface area contributed by atoms with E-state index in [2.05, 4.69) is 32.2 Å². The first-order valence-electron chi connectivity index (χ1n) is 9.26. The van der Waals surface area contributed by atoms with Crippen LogP contribution in [0, 0.1) is 6.92 Å². The van der Waals surface area contributed by atoms with Gasteiger partial charge in [0.05, 0.1) is 23.0 Å². The Balaban J connectivity index is 1.45. The molecule has 1 aliphatic rings. The van der Waals surface area contributed by atoms with E-state index in [9.17, 15) is 4.79 Å². The van der Waals surface area contributed by atoms with Crippen molar-refractivity contribution < 1.29 is 4.79 Å². The SMILES string of the molecule is Cc1ccc(NC(=O)CSc2nnc(C3CC3)n2Cc2ccccc2)c(Cl)c1. The number of amides is 1. The molecule has 0 aliphatic heterocycles. The number of carbonyl (C=O) groups excluding carboxylic acids is 1. The number of benzene rings is 2. The van der Waals surface area contributed by atoms with Gasteiger partial charge in [0.2, 0.25) is 5.91 Å². The molecule has 1 saturated carbocycles. The number of hydrogen-bond donors (Lipinski definition) is 1. The van der Waals surface area contributed by atoms with E-state index >= 15 is 0 Å². The molecule has 0 unspecified atom stereocenters. The number of aryl methyl sites for hydroxylation is 1. The lowest BCUT2D eigenvalue weighted by Gasteiger charge is -2.11. The number of carbonyl (C=O) groups is 1. The van der Waals surface area contributed by atoms with E-state index in [0.29, 0.717) is 23.2 Å². The van der Waals surface area contributed by atoms with Crippen LogP contribution in [0.15, 0.2) is 53.7 Å². The highest BCUT2D eigenvalue weighted by Crippen LogP contribution is 2.40. The molecule has 1 aliphatic carbocycles.